The predicted octanol–water partition coefficient (Wildman–Crippen LogP) is 7.07. The molecule has 0 aliphatic carbocycles. The molecule has 1 aromatic heterocycles. The molecule has 130 valence electrons. The molecule has 0 saturated heterocycles. The molecule has 0 unspecified atom stereocenters. The van der Waals surface area contributed by atoms with Gasteiger partial charge in [0.1, 0.15) is 0 Å². The van der Waals surface area contributed by atoms with Crippen molar-refractivity contribution >= 4 is 21.8 Å². The van der Waals surface area contributed by atoms with Gasteiger partial charge in [0.25, 0.3) is 0 Å². The topological polar surface area (TPSA) is 4.93 Å². The van der Waals surface area contributed by atoms with Crippen LogP contribution in [0.15, 0.2) is 91.0 Å². The van der Waals surface area contributed by atoms with E-state index < -0.39 is 0 Å². The molecule has 27 heavy (non-hydrogen) atoms. The summed E-state index contributed by atoms with van der Waals surface area (Å²) in [6, 6.07) is 32.9. The van der Waals surface area contributed by atoms with Crippen molar-refractivity contribution in [1.29, 1.82) is 0 Å². The van der Waals surface area contributed by atoms with Crippen LogP contribution in [0.5, 0.6) is 0 Å². The molecule has 0 amide bonds. The molecule has 0 aliphatic heterocycles. The fourth-order valence-electron chi connectivity index (χ4n) is 4.15. The number of rotatable bonds is 2. The normalized spacial score (nSPS) is 11.3. The van der Waals surface area contributed by atoms with Gasteiger partial charge in [0.05, 0.1) is 11.0 Å². The third-order valence-corrected chi connectivity index (χ3v) is 5.24. The van der Waals surface area contributed by atoms with Gasteiger partial charge in [0, 0.05) is 16.5 Å². The van der Waals surface area contributed by atoms with E-state index in [0.29, 0.717) is 0 Å². The molecule has 0 N–H and O–H groups in total. The lowest BCUT2D eigenvalue weighted by Crippen LogP contribution is -1.93. The number of benzene rings is 4. The van der Waals surface area contributed by atoms with Gasteiger partial charge < -0.3 is 4.57 Å². The molecule has 0 atom stereocenters. The summed E-state index contributed by atoms with van der Waals surface area (Å²) in [6.07, 6.45) is 0. The minimum absolute atomic E-state index is 1.20. The average molecular weight is 347 g/mol. The zero-order valence-corrected chi connectivity index (χ0v) is 15.6. The monoisotopic (exact) mass is 347 g/mol. The van der Waals surface area contributed by atoms with Crippen molar-refractivity contribution in [2.75, 3.05) is 0 Å². The zero-order valence-electron chi connectivity index (χ0n) is 15.6. The number of hydrogen-bond acceptors (Lipinski definition) is 0. The van der Waals surface area contributed by atoms with Crippen molar-refractivity contribution < 1.29 is 0 Å². The van der Waals surface area contributed by atoms with Crippen molar-refractivity contribution in [3.8, 4) is 16.8 Å². The summed E-state index contributed by atoms with van der Waals surface area (Å²) in [5, 5.41) is 2.59. The van der Waals surface area contributed by atoms with Crippen LogP contribution in [0.4, 0.5) is 0 Å². The van der Waals surface area contributed by atoms with Crippen molar-refractivity contribution in [2.24, 2.45) is 0 Å². The summed E-state index contributed by atoms with van der Waals surface area (Å²) < 4.78 is 2.37. The first-order valence-electron chi connectivity index (χ1n) is 9.38. The van der Waals surface area contributed by atoms with Crippen LogP contribution in [0, 0.1) is 13.8 Å². The van der Waals surface area contributed by atoms with E-state index in [1.807, 2.05) is 0 Å². The van der Waals surface area contributed by atoms with E-state index >= 15 is 0 Å². The molecule has 1 heteroatoms. The summed E-state index contributed by atoms with van der Waals surface area (Å²) >= 11 is 0. The smallest absolute Gasteiger partial charge is 0.0547 e. The van der Waals surface area contributed by atoms with E-state index in [2.05, 4.69) is 109 Å². The van der Waals surface area contributed by atoms with Crippen LogP contribution in [0.25, 0.3) is 38.6 Å². The number of nitrogens with zero attached hydrogens (tertiary/aromatic N) is 1. The molecule has 1 heterocycles. The van der Waals surface area contributed by atoms with Crippen molar-refractivity contribution in [3.63, 3.8) is 0 Å². The van der Waals surface area contributed by atoms with E-state index in [9.17, 15) is 0 Å². The lowest BCUT2D eigenvalue weighted by Gasteiger charge is -2.09. The highest BCUT2D eigenvalue weighted by molar-refractivity contribution is 6.10. The molecule has 0 aliphatic rings. The second-order valence-corrected chi connectivity index (χ2v) is 7.30. The van der Waals surface area contributed by atoms with Crippen LogP contribution in [0.3, 0.4) is 0 Å². The lowest BCUT2D eigenvalue weighted by atomic mass is 9.99. The maximum absolute atomic E-state index is 2.37. The first-order valence-corrected chi connectivity index (χ1v) is 9.38. The second-order valence-electron chi connectivity index (χ2n) is 7.30. The highest BCUT2D eigenvalue weighted by atomic mass is 15.0. The van der Waals surface area contributed by atoms with Gasteiger partial charge >= 0.3 is 0 Å². The number of para-hydroxylation sites is 2. The van der Waals surface area contributed by atoms with E-state index in [-0.39, 0.29) is 0 Å². The molecule has 0 bridgehead atoms. The maximum Gasteiger partial charge on any atom is 0.0547 e. The van der Waals surface area contributed by atoms with Crippen LogP contribution >= 0.6 is 0 Å². The lowest BCUT2D eigenvalue weighted by molar-refractivity contribution is 1.18. The third kappa shape index (κ3) is 2.63. The molecular weight excluding hydrogens is 326 g/mol. The standard InChI is InChI=1S/C26H21N/c1-18-14-19(2)16-21(15-18)20-12-13-24-23-10-6-7-11-25(23)27(26(24)17-20)22-8-4-3-5-9-22/h3-17H,1-2H3. The molecule has 0 saturated carbocycles. The Labute approximate surface area is 159 Å². The SMILES string of the molecule is Cc1cc(C)cc(-c2ccc3c4ccccc4n(-c4ccccc4)c3c2)c1. The molecular formula is C26H21N. The van der Waals surface area contributed by atoms with Gasteiger partial charge in [-0.2, -0.15) is 0 Å². The van der Waals surface area contributed by atoms with Gasteiger partial charge in [0.15, 0.2) is 0 Å². The Kier molecular flexibility index (Phi) is 3.61. The Morgan fingerprint density at radius 2 is 1.19 bits per heavy atom. The maximum atomic E-state index is 2.37. The van der Waals surface area contributed by atoms with Crippen molar-refractivity contribution in [3.05, 3.63) is 102 Å². The van der Waals surface area contributed by atoms with Crippen molar-refractivity contribution in [2.45, 2.75) is 13.8 Å². The molecule has 5 rings (SSSR count). The highest BCUT2D eigenvalue weighted by Gasteiger charge is 2.13. The zero-order chi connectivity index (χ0) is 18.4. The third-order valence-electron chi connectivity index (χ3n) is 5.24. The van der Waals surface area contributed by atoms with E-state index in [0.717, 1.165) is 0 Å². The molecule has 5 aromatic rings. The molecule has 1 nitrogen and oxygen atoms in total. The Morgan fingerprint density at radius 1 is 0.519 bits per heavy atom. The summed E-state index contributed by atoms with van der Waals surface area (Å²) in [4.78, 5) is 0. The van der Waals surface area contributed by atoms with E-state index in [1.165, 1.54) is 49.7 Å². The van der Waals surface area contributed by atoms with Crippen LogP contribution in [-0.4, -0.2) is 4.57 Å². The summed E-state index contributed by atoms with van der Waals surface area (Å²) in [5.74, 6) is 0. The minimum atomic E-state index is 1.20. The van der Waals surface area contributed by atoms with Crippen LogP contribution in [0.2, 0.25) is 0 Å². The Morgan fingerprint density at radius 3 is 1.96 bits per heavy atom. The van der Waals surface area contributed by atoms with Gasteiger partial charge in [-0.15, -0.1) is 0 Å². The van der Waals surface area contributed by atoms with E-state index in [1.54, 1.807) is 0 Å². The number of hydrogen-bond donors (Lipinski definition) is 0. The first-order chi connectivity index (χ1) is 13.2. The van der Waals surface area contributed by atoms with Crippen LogP contribution in [-0.2, 0) is 0 Å². The van der Waals surface area contributed by atoms with Crippen molar-refractivity contribution in [1.82, 2.24) is 4.57 Å². The molecule has 0 radical (unpaired) electrons. The van der Waals surface area contributed by atoms with E-state index in [4.69, 9.17) is 0 Å². The Hall–Kier alpha value is -3.32. The average Bonchev–Trinajstić information content (AvgIpc) is 3.01. The second kappa shape index (κ2) is 6.14. The first kappa shape index (κ1) is 15.9. The van der Waals surface area contributed by atoms with Gasteiger partial charge in [-0.05, 0) is 49.2 Å². The van der Waals surface area contributed by atoms with Gasteiger partial charge in [-0.25, -0.2) is 0 Å². The quantitative estimate of drug-likeness (QED) is 0.322. The van der Waals surface area contributed by atoms with Gasteiger partial charge in [-0.3, -0.25) is 0 Å². The number of aromatic nitrogens is 1. The van der Waals surface area contributed by atoms with Crippen LogP contribution < -0.4 is 0 Å². The number of fused-ring (bicyclic) bond motifs is 3. The largest absolute Gasteiger partial charge is 0.309 e. The number of aryl methyl sites for hydroxylation is 2. The molecule has 4 aromatic carbocycles. The predicted molar refractivity (Wildman–Crippen MR) is 116 cm³/mol. The summed E-state index contributed by atoms with van der Waals surface area (Å²) in [7, 11) is 0. The minimum Gasteiger partial charge on any atom is -0.309 e. The Balaban J connectivity index is 1.85. The van der Waals surface area contributed by atoms with Gasteiger partial charge in [0.2, 0.25) is 0 Å². The summed E-state index contributed by atoms with van der Waals surface area (Å²) in [6.45, 7) is 4.33. The molecule has 0 spiro atoms. The fraction of sp³-hybridized carbons (Fsp3) is 0.0769. The fourth-order valence-corrected chi connectivity index (χ4v) is 4.15. The van der Waals surface area contributed by atoms with Gasteiger partial charge in [-0.1, -0.05) is 77.9 Å². The summed E-state index contributed by atoms with van der Waals surface area (Å²) in [5.41, 5.74) is 8.83. The highest BCUT2D eigenvalue weighted by Crippen LogP contribution is 2.35. The Bertz CT molecular complexity index is 1260. The molecule has 0 fully saturated rings. The van der Waals surface area contributed by atoms with Crippen LogP contribution in [0.1, 0.15) is 11.1 Å².